The van der Waals surface area contributed by atoms with Crippen molar-refractivity contribution in [1.29, 1.82) is 0 Å². The molecule has 0 aliphatic heterocycles. The standard InChI is InChI=1S/C13H19NO3S/c1-18-10-4-2-3-9(7-10)14-8-12-11(13(15)16)5-6-17-12/h5-6,9-10,14H,2-4,7-8H2,1H3,(H,15,16). The van der Waals surface area contributed by atoms with E-state index >= 15 is 0 Å². The van der Waals surface area contributed by atoms with E-state index in [1.165, 1.54) is 31.6 Å². The minimum absolute atomic E-state index is 0.264. The highest BCUT2D eigenvalue weighted by Crippen LogP contribution is 2.27. The van der Waals surface area contributed by atoms with Gasteiger partial charge in [-0.25, -0.2) is 4.79 Å². The largest absolute Gasteiger partial charge is 0.478 e. The van der Waals surface area contributed by atoms with Gasteiger partial charge in [0.25, 0.3) is 0 Å². The molecule has 100 valence electrons. The van der Waals surface area contributed by atoms with Crippen LogP contribution in [0.2, 0.25) is 0 Å². The van der Waals surface area contributed by atoms with E-state index in [4.69, 9.17) is 9.52 Å². The maximum Gasteiger partial charge on any atom is 0.339 e. The summed E-state index contributed by atoms with van der Waals surface area (Å²) in [5, 5.41) is 13.1. The Morgan fingerprint density at radius 2 is 2.44 bits per heavy atom. The molecule has 0 aromatic carbocycles. The van der Waals surface area contributed by atoms with Gasteiger partial charge in [0.05, 0.1) is 12.8 Å². The first kappa shape index (κ1) is 13.5. The number of hydrogen-bond acceptors (Lipinski definition) is 4. The summed E-state index contributed by atoms with van der Waals surface area (Å²) < 4.78 is 5.22. The maximum absolute atomic E-state index is 10.9. The van der Waals surface area contributed by atoms with Crippen LogP contribution in [0.3, 0.4) is 0 Å². The van der Waals surface area contributed by atoms with E-state index in [1.54, 1.807) is 0 Å². The Kier molecular flexibility index (Phi) is 4.72. The van der Waals surface area contributed by atoms with Crippen molar-refractivity contribution in [3.8, 4) is 0 Å². The maximum atomic E-state index is 10.9. The third-order valence-corrected chi connectivity index (χ3v) is 4.58. The first-order valence-corrected chi connectivity index (χ1v) is 7.55. The minimum atomic E-state index is -0.925. The molecule has 0 spiro atoms. The molecule has 1 fully saturated rings. The number of aromatic carboxylic acids is 1. The number of nitrogens with one attached hydrogen (secondary N) is 1. The van der Waals surface area contributed by atoms with Crippen LogP contribution in [0.5, 0.6) is 0 Å². The molecule has 0 amide bonds. The second-order valence-corrected chi connectivity index (χ2v) is 5.80. The number of rotatable bonds is 5. The van der Waals surface area contributed by atoms with Gasteiger partial charge in [-0.05, 0) is 31.6 Å². The molecule has 0 saturated heterocycles. The van der Waals surface area contributed by atoms with Crippen LogP contribution in [0, 0.1) is 0 Å². The Bertz CT molecular complexity index is 405. The molecule has 5 heteroatoms. The number of thioether (sulfide) groups is 1. The summed E-state index contributed by atoms with van der Waals surface area (Å²) in [6.07, 6.45) is 8.45. The van der Waals surface area contributed by atoms with Gasteiger partial charge in [0.2, 0.25) is 0 Å². The van der Waals surface area contributed by atoms with Crippen molar-refractivity contribution in [2.45, 2.75) is 43.5 Å². The predicted molar refractivity (Wildman–Crippen MR) is 72.1 cm³/mol. The summed E-state index contributed by atoms with van der Waals surface area (Å²) in [7, 11) is 0. The van der Waals surface area contributed by atoms with Crippen LogP contribution in [0.25, 0.3) is 0 Å². The van der Waals surface area contributed by atoms with Crippen LogP contribution < -0.4 is 5.32 Å². The van der Waals surface area contributed by atoms with Gasteiger partial charge in [0.1, 0.15) is 11.3 Å². The zero-order valence-corrected chi connectivity index (χ0v) is 11.3. The second-order valence-electron chi connectivity index (χ2n) is 4.66. The number of furan rings is 1. The molecule has 1 aliphatic rings. The molecule has 1 saturated carbocycles. The molecule has 1 aromatic rings. The third-order valence-electron chi connectivity index (χ3n) is 3.49. The van der Waals surface area contributed by atoms with E-state index in [1.807, 2.05) is 11.8 Å². The van der Waals surface area contributed by atoms with E-state index in [9.17, 15) is 4.79 Å². The van der Waals surface area contributed by atoms with Gasteiger partial charge in [-0.1, -0.05) is 6.42 Å². The molecule has 2 rings (SSSR count). The van der Waals surface area contributed by atoms with Crippen LogP contribution >= 0.6 is 11.8 Å². The van der Waals surface area contributed by atoms with Crippen molar-refractivity contribution in [2.75, 3.05) is 6.26 Å². The van der Waals surface area contributed by atoms with Gasteiger partial charge in [0, 0.05) is 11.3 Å². The van der Waals surface area contributed by atoms with Gasteiger partial charge in [-0.15, -0.1) is 0 Å². The fourth-order valence-corrected chi connectivity index (χ4v) is 3.28. The highest BCUT2D eigenvalue weighted by atomic mass is 32.2. The molecule has 2 unspecified atom stereocenters. The third kappa shape index (κ3) is 3.29. The Morgan fingerprint density at radius 1 is 1.61 bits per heavy atom. The fourth-order valence-electron chi connectivity index (χ4n) is 2.45. The number of hydrogen-bond donors (Lipinski definition) is 2. The van der Waals surface area contributed by atoms with E-state index < -0.39 is 5.97 Å². The highest BCUT2D eigenvalue weighted by molar-refractivity contribution is 7.99. The average molecular weight is 269 g/mol. The van der Waals surface area contributed by atoms with E-state index in [-0.39, 0.29) is 5.56 Å². The van der Waals surface area contributed by atoms with Crippen LogP contribution in [0.4, 0.5) is 0 Å². The summed E-state index contributed by atoms with van der Waals surface area (Å²) in [6, 6.07) is 1.98. The summed E-state index contributed by atoms with van der Waals surface area (Å²) in [4.78, 5) is 10.9. The van der Waals surface area contributed by atoms with Crippen LogP contribution in [0.1, 0.15) is 41.8 Å². The molecule has 2 N–H and O–H groups in total. The molecule has 4 nitrogen and oxygen atoms in total. The average Bonchev–Trinajstić information content (AvgIpc) is 2.85. The zero-order chi connectivity index (χ0) is 13.0. The van der Waals surface area contributed by atoms with E-state index in [0.717, 1.165) is 11.7 Å². The van der Waals surface area contributed by atoms with Crippen LogP contribution in [-0.4, -0.2) is 28.6 Å². The normalized spacial score (nSPS) is 24.1. The monoisotopic (exact) mass is 269 g/mol. The van der Waals surface area contributed by atoms with Gasteiger partial charge in [0.15, 0.2) is 0 Å². The van der Waals surface area contributed by atoms with Crippen molar-refractivity contribution >= 4 is 17.7 Å². The zero-order valence-electron chi connectivity index (χ0n) is 10.5. The van der Waals surface area contributed by atoms with E-state index in [2.05, 4.69) is 11.6 Å². The van der Waals surface area contributed by atoms with Gasteiger partial charge in [-0.3, -0.25) is 0 Å². The van der Waals surface area contributed by atoms with Crippen LogP contribution in [0.15, 0.2) is 16.7 Å². The van der Waals surface area contributed by atoms with Gasteiger partial charge >= 0.3 is 5.97 Å². The molecule has 0 radical (unpaired) electrons. The topological polar surface area (TPSA) is 62.5 Å². The number of carbonyl (C=O) groups is 1. The lowest BCUT2D eigenvalue weighted by Gasteiger charge is -2.28. The molecule has 18 heavy (non-hydrogen) atoms. The fraction of sp³-hybridized carbons (Fsp3) is 0.615. The summed E-state index contributed by atoms with van der Waals surface area (Å²) in [6.45, 7) is 0.500. The Balaban J connectivity index is 1.87. The molecule has 1 aliphatic carbocycles. The minimum Gasteiger partial charge on any atom is -0.478 e. The summed E-state index contributed by atoms with van der Waals surface area (Å²) in [5.41, 5.74) is 0.264. The number of carboxylic acids is 1. The second kappa shape index (κ2) is 6.29. The predicted octanol–water partition coefficient (Wildman–Crippen LogP) is 2.74. The molecular formula is C13H19NO3S. The first-order valence-electron chi connectivity index (χ1n) is 6.26. The quantitative estimate of drug-likeness (QED) is 0.860. The van der Waals surface area contributed by atoms with Crippen LogP contribution in [-0.2, 0) is 6.54 Å². The lowest BCUT2D eigenvalue weighted by molar-refractivity contribution is 0.0694. The Morgan fingerprint density at radius 3 is 3.17 bits per heavy atom. The molecule has 0 bridgehead atoms. The van der Waals surface area contributed by atoms with Crippen molar-refractivity contribution in [1.82, 2.24) is 5.32 Å². The molecular weight excluding hydrogens is 250 g/mol. The summed E-state index contributed by atoms with van der Waals surface area (Å²) in [5.74, 6) is -0.403. The lowest BCUT2D eigenvalue weighted by Crippen LogP contribution is -2.34. The smallest absolute Gasteiger partial charge is 0.339 e. The summed E-state index contributed by atoms with van der Waals surface area (Å²) >= 11 is 1.92. The van der Waals surface area contributed by atoms with Gasteiger partial charge < -0.3 is 14.8 Å². The van der Waals surface area contributed by atoms with Crippen molar-refractivity contribution in [3.05, 3.63) is 23.7 Å². The Labute approximate surface area is 111 Å². The Hall–Kier alpha value is -0.940. The van der Waals surface area contributed by atoms with Crippen molar-refractivity contribution in [3.63, 3.8) is 0 Å². The molecule has 1 aromatic heterocycles. The van der Waals surface area contributed by atoms with Gasteiger partial charge in [-0.2, -0.15) is 11.8 Å². The highest BCUT2D eigenvalue weighted by Gasteiger charge is 2.22. The van der Waals surface area contributed by atoms with Crippen molar-refractivity contribution < 1.29 is 14.3 Å². The first-order chi connectivity index (χ1) is 8.70. The number of carboxylic acid groups (broad SMARTS) is 1. The van der Waals surface area contributed by atoms with Crippen molar-refractivity contribution in [2.24, 2.45) is 0 Å². The molecule has 1 heterocycles. The lowest BCUT2D eigenvalue weighted by atomic mass is 9.95. The SMILES string of the molecule is CSC1CCCC(NCc2occc2C(=O)O)C1. The molecule has 2 atom stereocenters. The van der Waals surface area contributed by atoms with E-state index in [0.29, 0.717) is 18.3 Å².